The van der Waals surface area contributed by atoms with Crippen LogP contribution in [0.5, 0.6) is 0 Å². The number of carboxylic acids is 1. The predicted octanol–water partition coefficient (Wildman–Crippen LogP) is 1.69. The summed E-state index contributed by atoms with van der Waals surface area (Å²) in [5, 5.41) is 17.4. The van der Waals surface area contributed by atoms with Crippen LogP contribution in [0.25, 0.3) is 0 Å². The van der Waals surface area contributed by atoms with E-state index in [-0.39, 0.29) is 5.56 Å². The Bertz CT molecular complexity index is 387. The zero-order valence-corrected chi connectivity index (χ0v) is 8.03. The van der Waals surface area contributed by atoms with Gasteiger partial charge in [-0.2, -0.15) is 13.2 Å². The Labute approximate surface area is 89.1 Å². The molecular weight excluding hydrogens is 225 g/mol. The van der Waals surface area contributed by atoms with Crippen LogP contribution in [0.2, 0.25) is 0 Å². The van der Waals surface area contributed by atoms with Gasteiger partial charge in [0.2, 0.25) is 0 Å². The Morgan fingerprint density at radius 1 is 1.31 bits per heavy atom. The molecule has 2 N–H and O–H groups in total. The number of aliphatic hydroxyl groups excluding tert-OH is 1. The third kappa shape index (κ3) is 2.96. The summed E-state index contributed by atoms with van der Waals surface area (Å²) in [4.78, 5) is 10.3. The Morgan fingerprint density at radius 2 is 1.88 bits per heavy atom. The fourth-order valence-corrected chi connectivity index (χ4v) is 1.27. The topological polar surface area (TPSA) is 57.5 Å². The maximum atomic E-state index is 12.5. The molecule has 1 rings (SSSR count). The lowest BCUT2D eigenvalue weighted by molar-refractivity contribution is -0.147. The summed E-state index contributed by atoms with van der Waals surface area (Å²) < 4.78 is 37.4. The van der Waals surface area contributed by atoms with Gasteiger partial charge in [0.05, 0.1) is 5.56 Å². The minimum atomic E-state index is -4.55. The molecule has 1 atom stereocenters. The van der Waals surface area contributed by atoms with Gasteiger partial charge in [0.1, 0.15) is 0 Å². The molecular formula is C10H9F3O3. The molecule has 0 amide bonds. The van der Waals surface area contributed by atoms with Crippen molar-refractivity contribution < 1.29 is 28.2 Å². The van der Waals surface area contributed by atoms with Gasteiger partial charge in [-0.1, -0.05) is 18.2 Å². The Kier molecular flexibility index (Phi) is 3.54. The first-order chi connectivity index (χ1) is 7.32. The van der Waals surface area contributed by atoms with Crippen LogP contribution in [0.1, 0.15) is 11.1 Å². The predicted molar refractivity (Wildman–Crippen MR) is 48.8 cm³/mol. The molecule has 0 spiro atoms. The van der Waals surface area contributed by atoms with Crippen molar-refractivity contribution in [1.82, 2.24) is 0 Å². The summed E-state index contributed by atoms with van der Waals surface area (Å²) in [6.07, 6.45) is -6.94. The van der Waals surface area contributed by atoms with Crippen LogP contribution in [-0.4, -0.2) is 22.3 Å². The second-order valence-corrected chi connectivity index (χ2v) is 3.21. The maximum Gasteiger partial charge on any atom is 0.416 e. The molecule has 1 aromatic carbocycles. The number of aliphatic carboxylic acids is 1. The van der Waals surface area contributed by atoms with E-state index in [0.29, 0.717) is 0 Å². The van der Waals surface area contributed by atoms with E-state index >= 15 is 0 Å². The third-order valence-electron chi connectivity index (χ3n) is 2.02. The highest BCUT2D eigenvalue weighted by atomic mass is 19.4. The molecule has 1 unspecified atom stereocenters. The lowest BCUT2D eigenvalue weighted by Gasteiger charge is -2.13. The Morgan fingerprint density at radius 3 is 2.38 bits per heavy atom. The van der Waals surface area contributed by atoms with Crippen LogP contribution in [0.3, 0.4) is 0 Å². The first-order valence-corrected chi connectivity index (χ1v) is 4.38. The molecule has 0 bridgehead atoms. The molecule has 0 aliphatic rings. The van der Waals surface area contributed by atoms with E-state index in [1.807, 2.05) is 0 Å². The average Bonchev–Trinajstić information content (AvgIpc) is 2.16. The molecule has 0 saturated heterocycles. The number of carbonyl (C=O) groups is 1. The van der Waals surface area contributed by atoms with E-state index in [1.165, 1.54) is 12.1 Å². The van der Waals surface area contributed by atoms with Crippen molar-refractivity contribution in [1.29, 1.82) is 0 Å². The second kappa shape index (κ2) is 4.52. The number of benzene rings is 1. The first kappa shape index (κ1) is 12.5. The van der Waals surface area contributed by atoms with Crippen LogP contribution in [0.4, 0.5) is 13.2 Å². The van der Waals surface area contributed by atoms with Gasteiger partial charge in [0.15, 0.2) is 6.10 Å². The third-order valence-corrected chi connectivity index (χ3v) is 2.02. The van der Waals surface area contributed by atoms with Gasteiger partial charge in [-0.15, -0.1) is 0 Å². The Balaban J connectivity index is 3.01. The van der Waals surface area contributed by atoms with Gasteiger partial charge >= 0.3 is 12.1 Å². The van der Waals surface area contributed by atoms with Crippen molar-refractivity contribution in [2.75, 3.05) is 0 Å². The molecule has 0 radical (unpaired) electrons. The number of halogens is 3. The van der Waals surface area contributed by atoms with Gasteiger partial charge in [0.25, 0.3) is 0 Å². The summed E-state index contributed by atoms with van der Waals surface area (Å²) in [5.74, 6) is -1.54. The highest BCUT2D eigenvalue weighted by molar-refractivity contribution is 5.72. The average molecular weight is 234 g/mol. The highest BCUT2D eigenvalue weighted by Crippen LogP contribution is 2.32. The molecule has 0 aliphatic carbocycles. The molecule has 1 aromatic rings. The quantitative estimate of drug-likeness (QED) is 0.836. The standard InChI is InChI=1S/C10H9F3O3/c11-10(12,13)7-4-2-1-3-6(7)5-8(14)9(15)16/h1-4,8,14H,5H2,(H,15,16). The molecule has 0 fully saturated rings. The van der Waals surface area contributed by atoms with Crippen molar-refractivity contribution in [2.24, 2.45) is 0 Å². The van der Waals surface area contributed by atoms with Crippen molar-refractivity contribution in [3.63, 3.8) is 0 Å². The summed E-state index contributed by atoms with van der Waals surface area (Å²) >= 11 is 0. The number of alkyl halides is 3. The van der Waals surface area contributed by atoms with E-state index in [1.54, 1.807) is 0 Å². The van der Waals surface area contributed by atoms with Gasteiger partial charge < -0.3 is 10.2 Å². The normalized spacial score (nSPS) is 13.5. The van der Waals surface area contributed by atoms with Gasteiger partial charge in [-0.3, -0.25) is 0 Å². The van der Waals surface area contributed by atoms with Gasteiger partial charge in [0, 0.05) is 6.42 Å². The largest absolute Gasteiger partial charge is 0.479 e. The van der Waals surface area contributed by atoms with Crippen LogP contribution < -0.4 is 0 Å². The van der Waals surface area contributed by atoms with Crippen LogP contribution in [-0.2, 0) is 17.4 Å². The molecule has 0 aliphatic heterocycles. The molecule has 16 heavy (non-hydrogen) atoms. The molecule has 3 nitrogen and oxygen atoms in total. The van der Waals surface area contributed by atoms with E-state index in [0.717, 1.165) is 12.1 Å². The van der Waals surface area contributed by atoms with Crippen molar-refractivity contribution in [3.8, 4) is 0 Å². The summed E-state index contributed by atoms with van der Waals surface area (Å²) in [7, 11) is 0. The summed E-state index contributed by atoms with van der Waals surface area (Å²) in [5.41, 5.74) is -1.15. The monoisotopic (exact) mass is 234 g/mol. The fraction of sp³-hybridized carbons (Fsp3) is 0.300. The molecule has 0 heterocycles. The zero-order valence-electron chi connectivity index (χ0n) is 8.03. The van der Waals surface area contributed by atoms with Crippen molar-refractivity contribution in [2.45, 2.75) is 18.7 Å². The zero-order chi connectivity index (χ0) is 12.3. The van der Waals surface area contributed by atoms with Crippen LogP contribution in [0.15, 0.2) is 24.3 Å². The van der Waals surface area contributed by atoms with Crippen LogP contribution in [0, 0.1) is 0 Å². The number of hydrogen-bond acceptors (Lipinski definition) is 2. The number of rotatable bonds is 3. The summed E-state index contributed by atoms with van der Waals surface area (Å²) in [6.45, 7) is 0. The molecule has 6 heteroatoms. The Hall–Kier alpha value is -1.56. The number of hydrogen-bond donors (Lipinski definition) is 2. The first-order valence-electron chi connectivity index (χ1n) is 4.38. The van der Waals surface area contributed by atoms with E-state index < -0.39 is 30.2 Å². The lowest BCUT2D eigenvalue weighted by Crippen LogP contribution is -2.23. The maximum absolute atomic E-state index is 12.5. The van der Waals surface area contributed by atoms with Gasteiger partial charge in [-0.25, -0.2) is 4.79 Å². The summed E-state index contributed by atoms with van der Waals surface area (Å²) in [6, 6.07) is 4.57. The number of carboxylic acid groups (broad SMARTS) is 1. The van der Waals surface area contributed by atoms with Crippen molar-refractivity contribution in [3.05, 3.63) is 35.4 Å². The fourth-order valence-electron chi connectivity index (χ4n) is 1.27. The van der Waals surface area contributed by atoms with Crippen LogP contribution >= 0.6 is 0 Å². The SMILES string of the molecule is O=C(O)C(O)Cc1ccccc1C(F)(F)F. The smallest absolute Gasteiger partial charge is 0.416 e. The minimum absolute atomic E-state index is 0.232. The number of aliphatic hydroxyl groups is 1. The van der Waals surface area contributed by atoms with E-state index in [9.17, 15) is 18.0 Å². The lowest BCUT2D eigenvalue weighted by atomic mass is 10.0. The molecule has 0 aromatic heterocycles. The van der Waals surface area contributed by atoms with E-state index in [4.69, 9.17) is 10.2 Å². The van der Waals surface area contributed by atoms with Gasteiger partial charge in [-0.05, 0) is 11.6 Å². The van der Waals surface area contributed by atoms with E-state index in [2.05, 4.69) is 0 Å². The minimum Gasteiger partial charge on any atom is -0.479 e. The second-order valence-electron chi connectivity index (χ2n) is 3.21. The molecule has 88 valence electrons. The molecule has 0 saturated carbocycles. The van der Waals surface area contributed by atoms with Crippen molar-refractivity contribution >= 4 is 5.97 Å². The highest BCUT2D eigenvalue weighted by Gasteiger charge is 2.33.